The molecule has 0 spiro atoms. The van der Waals surface area contributed by atoms with E-state index in [2.05, 4.69) is 0 Å². The van der Waals surface area contributed by atoms with E-state index in [1.165, 1.54) is 14.2 Å². The minimum atomic E-state index is -0.758. The third-order valence-corrected chi connectivity index (χ3v) is 4.01. The molecule has 3 rings (SSSR count). The van der Waals surface area contributed by atoms with Gasteiger partial charge in [-0.3, -0.25) is 0 Å². The van der Waals surface area contributed by atoms with Gasteiger partial charge < -0.3 is 24.4 Å². The van der Waals surface area contributed by atoms with Gasteiger partial charge in [0, 0.05) is 17.7 Å². The SMILES string of the molecule is COc1ccc([C@H]2C(C#N)=C(N)Oc3cc(C)oc(=O)c32)c(OC)c1. The number of allylic oxidation sites excluding steroid dienone is 1. The first-order chi connectivity index (χ1) is 12.0. The largest absolute Gasteiger partial charge is 0.497 e. The van der Waals surface area contributed by atoms with Gasteiger partial charge in [-0.2, -0.15) is 5.26 Å². The third kappa shape index (κ3) is 2.68. The fourth-order valence-electron chi connectivity index (χ4n) is 2.89. The predicted octanol–water partition coefficient (Wildman–Crippen LogP) is 2.18. The average molecular weight is 340 g/mol. The number of hydrogen-bond acceptors (Lipinski definition) is 7. The topological polar surface area (TPSA) is 108 Å². The number of nitrogens with zero attached hydrogens (tertiary/aromatic N) is 1. The van der Waals surface area contributed by atoms with E-state index in [1.807, 2.05) is 6.07 Å². The molecule has 1 aliphatic heterocycles. The molecular weight excluding hydrogens is 324 g/mol. The Labute approximate surface area is 143 Å². The van der Waals surface area contributed by atoms with Crippen LogP contribution in [0.1, 0.15) is 22.8 Å². The van der Waals surface area contributed by atoms with Crippen molar-refractivity contribution in [1.29, 1.82) is 5.26 Å². The molecule has 25 heavy (non-hydrogen) atoms. The molecule has 0 radical (unpaired) electrons. The van der Waals surface area contributed by atoms with Crippen molar-refractivity contribution in [2.24, 2.45) is 5.73 Å². The molecule has 1 atom stereocenters. The summed E-state index contributed by atoms with van der Waals surface area (Å²) in [4.78, 5) is 12.5. The van der Waals surface area contributed by atoms with Gasteiger partial charge in [0.2, 0.25) is 5.88 Å². The van der Waals surface area contributed by atoms with Crippen molar-refractivity contribution in [3.05, 3.63) is 63.0 Å². The molecule has 7 heteroatoms. The lowest BCUT2D eigenvalue weighted by atomic mass is 9.84. The van der Waals surface area contributed by atoms with Crippen LogP contribution < -0.4 is 25.6 Å². The van der Waals surface area contributed by atoms with Crippen molar-refractivity contribution in [1.82, 2.24) is 0 Å². The summed E-state index contributed by atoms with van der Waals surface area (Å²) in [5.74, 6) is 0.886. The summed E-state index contributed by atoms with van der Waals surface area (Å²) >= 11 is 0. The van der Waals surface area contributed by atoms with Gasteiger partial charge in [0.05, 0.1) is 25.7 Å². The highest BCUT2D eigenvalue weighted by molar-refractivity contribution is 5.58. The summed E-state index contributed by atoms with van der Waals surface area (Å²) in [6.07, 6.45) is 0. The number of nitriles is 1. The molecule has 0 amide bonds. The van der Waals surface area contributed by atoms with Gasteiger partial charge in [0.15, 0.2) is 0 Å². The van der Waals surface area contributed by atoms with Crippen LogP contribution >= 0.6 is 0 Å². The zero-order chi connectivity index (χ0) is 18.1. The second-order valence-corrected chi connectivity index (χ2v) is 5.46. The summed E-state index contributed by atoms with van der Waals surface area (Å²) in [6, 6.07) is 8.71. The summed E-state index contributed by atoms with van der Waals surface area (Å²) in [7, 11) is 3.03. The van der Waals surface area contributed by atoms with Gasteiger partial charge >= 0.3 is 5.63 Å². The molecular formula is C18H16N2O5. The van der Waals surface area contributed by atoms with Gasteiger partial charge in [-0.05, 0) is 13.0 Å². The normalized spacial score (nSPS) is 15.8. The molecule has 2 heterocycles. The number of rotatable bonds is 3. The zero-order valence-corrected chi connectivity index (χ0v) is 14.0. The summed E-state index contributed by atoms with van der Waals surface area (Å²) in [5, 5.41) is 9.56. The maximum atomic E-state index is 12.5. The van der Waals surface area contributed by atoms with Crippen molar-refractivity contribution >= 4 is 0 Å². The van der Waals surface area contributed by atoms with Gasteiger partial charge in [0.25, 0.3) is 0 Å². The van der Waals surface area contributed by atoms with Crippen LogP contribution in [0, 0.1) is 18.3 Å². The Morgan fingerprint density at radius 2 is 2.00 bits per heavy atom. The van der Waals surface area contributed by atoms with Crippen LogP contribution in [-0.4, -0.2) is 14.2 Å². The van der Waals surface area contributed by atoms with E-state index in [0.717, 1.165) is 0 Å². The van der Waals surface area contributed by atoms with Crippen molar-refractivity contribution in [3.63, 3.8) is 0 Å². The Bertz CT molecular complexity index is 968. The van der Waals surface area contributed by atoms with Crippen molar-refractivity contribution in [3.8, 4) is 23.3 Å². The number of nitrogens with two attached hydrogens (primary N) is 1. The van der Waals surface area contributed by atoms with Crippen LogP contribution in [0.4, 0.5) is 0 Å². The number of aryl methyl sites for hydroxylation is 1. The van der Waals surface area contributed by atoms with Crippen LogP contribution in [0.2, 0.25) is 0 Å². The molecule has 7 nitrogen and oxygen atoms in total. The monoisotopic (exact) mass is 340 g/mol. The van der Waals surface area contributed by atoms with E-state index in [4.69, 9.17) is 24.4 Å². The van der Waals surface area contributed by atoms with Gasteiger partial charge in [0.1, 0.15) is 34.7 Å². The fraction of sp³-hybridized carbons (Fsp3) is 0.222. The molecule has 2 aromatic rings. The minimum absolute atomic E-state index is 0.0529. The standard InChI is InChI=1S/C18H16N2O5/c1-9-6-14-16(18(21)24-9)15(12(8-19)17(20)25-14)11-5-4-10(22-2)7-13(11)23-3/h4-7,15H,20H2,1-3H3/t15-/m0/s1. The highest BCUT2D eigenvalue weighted by atomic mass is 16.5. The lowest BCUT2D eigenvalue weighted by Gasteiger charge is -2.26. The first-order valence-electron chi connectivity index (χ1n) is 7.44. The Balaban J connectivity index is 2.32. The molecule has 0 saturated heterocycles. The smallest absolute Gasteiger partial charge is 0.343 e. The van der Waals surface area contributed by atoms with Crippen LogP contribution in [0.5, 0.6) is 17.2 Å². The predicted molar refractivity (Wildman–Crippen MR) is 88.6 cm³/mol. The highest BCUT2D eigenvalue weighted by Gasteiger charge is 2.36. The van der Waals surface area contributed by atoms with Gasteiger partial charge in [-0.25, -0.2) is 4.79 Å². The minimum Gasteiger partial charge on any atom is -0.497 e. The fourth-order valence-corrected chi connectivity index (χ4v) is 2.89. The third-order valence-electron chi connectivity index (χ3n) is 4.01. The maximum absolute atomic E-state index is 12.5. The van der Waals surface area contributed by atoms with Crippen LogP contribution in [0.15, 0.2) is 44.9 Å². The highest BCUT2D eigenvalue weighted by Crippen LogP contribution is 2.44. The Hall–Kier alpha value is -3.40. The molecule has 2 N–H and O–H groups in total. The molecule has 1 aliphatic rings. The van der Waals surface area contributed by atoms with E-state index >= 15 is 0 Å². The second kappa shape index (κ2) is 6.24. The second-order valence-electron chi connectivity index (χ2n) is 5.46. The average Bonchev–Trinajstić information content (AvgIpc) is 2.59. The molecule has 0 fully saturated rings. The summed E-state index contributed by atoms with van der Waals surface area (Å²) in [5.41, 5.74) is 6.24. The van der Waals surface area contributed by atoms with Crippen LogP contribution in [0.25, 0.3) is 0 Å². The molecule has 1 aromatic carbocycles. The van der Waals surface area contributed by atoms with Gasteiger partial charge in [-0.1, -0.05) is 6.07 Å². The van der Waals surface area contributed by atoms with E-state index in [9.17, 15) is 10.1 Å². The molecule has 1 aromatic heterocycles. The molecule has 128 valence electrons. The number of ether oxygens (including phenoxy) is 3. The molecule has 0 unspecified atom stereocenters. The van der Waals surface area contributed by atoms with E-state index in [-0.39, 0.29) is 22.8 Å². The number of benzene rings is 1. The number of hydrogen-bond donors (Lipinski definition) is 1. The number of fused-ring (bicyclic) bond motifs is 1. The van der Waals surface area contributed by atoms with Crippen molar-refractivity contribution in [2.75, 3.05) is 14.2 Å². The Morgan fingerprint density at radius 3 is 2.64 bits per heavy atom. The van der Waals surface area contributed by atoms with Crippen LogP contribution in [-0.2, 0) is 0 Å². The lowest BCUT2D eigenvalue weighted by Crippen LogP contribution is -2.26. The Morgan fingerprint density at radius 1 is 1.24 bits per heavy atom. The van der Waals surface area contributed by atoms with E-state index in [1.54, 1.807) is 31.2 Å². The number of methoxy groups -OCH3 is 2. The molecule has 0 bridgehead atoms. The van der Waals surface area contributed by atoms with Crippen molar-refractivity contribution in [2.45, 2.75) is 12.8 Å². The quantitative estimate of drug-likeness (QED) is 0.912. The first kappa shape index (κ1) is 16.5. The van der Waals surface area contributed by atoms with Crippen LogP contribution in [0.3, 0.4) is 0 Å². The summed E-state index contributed by atoms with van der Waals surface area (Å²) in [6.45, 7) is 1.63. The Kier molecular flexibility index (Phi) is 4.11. The summed E-state index contributed by atoms with van der Waals surface area (Å²) < 4.78 is 21.3. The lowest BCUT2D eigenvalue weighted by molar-refractivity contribution is 0.366. The zero-order valence-electron chi connectivity index (χ0n) is 14.0. The van der Waals surface area contributed by atoms with Crippen molar-refractivity contribution < 1.29 is 18.6 Å². The molecule has 0 saturated carbocycles. The molecule has 0 aliphatic carbocycles. The van der Waals surface area contributed by atoms with Gasteiger partial charge in [-0.15, -0.1) is 0 Å². The van der Waals surface area contributed by atoms with E-state index in [0.29, 0.717) is 22.8 Å². The maximum Gasteiger partial charge on any atom is 0.343 e. The first-order valence-corrected chi connectivity index (χ1v) is 7.44. The van der Waals surface area contributed by atoms with E-state index < -0.39 is 11.5 Å².